The van der Waals surface area contributed by atoms with E-state index in [1.807, 2.05) is 31.2 Å². The molecule has 0 bridgehead atoms. The molecule has 0 radical (unpaired) electrons. The molecule has 0 aromatic heterocycles. The highest BCUT2D eigenvalue weighted by molar-refractivity contribution is 5.92. The molecule has 2 rings (SSSR count). The van der Waals surface area contributed by atoms with Crippen molar-refractivity contribution < 1.29 is 14.3 Å². The SMILES string of the molecule is COCOc1cc2cc(C)ccc2cc1C=O. The molecule has 2 aromatic rings. The van der Waals surface area contributed by atoms with Gasteiger partial charge in [-0.2, -0.15) is 0 Å². The van der Waals surface area contributed by atoms with Crippen LogP contribution in [0.5, 0.6) is 5.75 Å². The van der Waals surface area contributed by atoms with Gasteiger partial charge >= 0.3 is 0 Å². The van der Waals surface area contributed by atoms with Gasteiger partial charge in [0.15, 0.2) is 13.1 Å². The van der Waals surface area contributed by atoms with Gasteiger partial charge in [-0.3, -0.25) is 4.79 Å². The maximum absolute atomic E-state index is 11.0. The molecule has 3 nitrogen and oxygen atoms in total. The van der Waals surface area contributed by atoms with Crippen molar-refractivity contribution in [3.8, 4) is 5.75 Å². The molecule has 0 aliphatic heterocycles. The summed E-state index contributed by atoms with van der Waals surface area (Å²) in [6, 6.07) is 9.77. The molecule has 2 aromatic carbocycles. The summed E-state index contributed by atoms with van der Waals surface area (Å²) in [6.45, 7) is 2.17. The van der Waals surface area contributed by atoms with E-state index in [2.05, 4.69) is 6.07 Å². The van der Waals surface area contributed by atoms with Gasteiger partial charge in [0.1, 0.15) is 5.75 Å². The first-order chi connectivity index (χ1) is 8.24. The fourth-order valence-electron chi connectivity index (χ4n) is 1.75. The predicted octanol–water partition coefficient (Wildman–Crippen LogP) is 2.94. The summed E-state index contributed by atoms with van der Waals surface area (Å²) in [5.74, 6) is 0.556. The Bertz CT molecular complexity index is 546. The Morgan fingerprint density at radius 2 is 2.00 bits per heavy atom. The summed E-state index contributed by atoms with van der Waals surface area (Å²) in [7, 11) is 1.55. The third-order valence-corrected chi connectivity index (χ3v) is 2.58. The second-order valence-electron chi connectivity index (χ2n) is 3.91. The Morgan fingerprint density at radius 3 is 2.71 bits per heavy atom. The maximum atomic E-state index is 11.0. The molecule has 17 heavy (non-hydrogen) atoms. The van der Waals surface area contributed by atoms with Crippen LogP contribution in [0.2, 0.25) is 0 Å². The van der Waals surface area contributed by atoms with Crippen molar-refractivity contribution in [1.29, 1.82) is 0 Å². The van der Waals surface area contributed by atoms with Gasteiger partial charge in [-0.15, -0.1) is 0 Å². The first-order valence-corrected chi connectivity index (χ1v) is 5.36. The highest BCUT2D eigenvalue weighted by atomic mass is 16.7. The van der Waals surface area contributed by atoms with E-state index >= 15 is 0 Å². The first kappa shape index (κ1) is 11.6. The van der Waals surface area contributed by atoms with Gasteiger partial charge in [-0.25, -0.2) is 0 Å². The molecule has 0 saturated carbocycles. The standard InChI is InChI=1S/C14H14O3/c1-10-3-4-11-6-13(8-15)14(17-9-16-2)7-12(11)5-10/h3-8H,9H2,1-2H3. The van der Waals surface area contributed by atoms with Gasteiger partial charge in [0.2, 0.25) is 0 Å². The van der Waals surface area contributed by atoms with Crippen LogP contribution in [0.3, 0.4) is 0 Å². The quantitative estimate of drug-likeness (QED) is 0.598. The largest absolute Gasteiger partial charge is 0.467 e. The monoisotopic (exact) mass is 230 g/mol. The van der Waals surface area contributed by atoms with Crippen molar-refractivity contribution in [1.82, 2.24) is 0 Å². The first-order valence-electron chi connectivity index (χ1n) is 5.36. The topological polar surface area (TPSA) is 35.5 Å². The summed E-state index contributed by atoms with van der Waals surface area (Å²) in [6.07, 6.45) is 0.796. The minimum Gasteiger partial charge on any atom is -0.467 e. The van der Waals surface area contributed by atoms with Gasteiger partial charge < -0.3 is 9.47 Å². The fourth-order valence-corrected chi connectivity index (χ4v) is 1.75. The molecule has 0 aliphatic carbocycles. The average molecular weight is 230 g/mol. The van der Waals surface area contributed by atoms with Crippen LogP contribution in [0.15, 0.2) is 30.3 Å². The van der Waals surface area contributed by atoms with Crippen molar-refractivity contribution in [3.63, 3.8) is 0 Å². The normalized spacial score (nSPS) is 10.5. The number of carbonyl (C=O) groups is 1. The Balaban J connectivity index is 2.53. The summed E-state index contributed by atoms with van der Waals surface area (Å²) >= 11 is 0. The summed E-state index contributed by atoms with van der Waals surface area (Å²) < 4.78 is 10.2. The molecule has 0 heterocycles. The fraction of sp³-hybridized carbons (Fsp3) is 0.214. The van der Waals surface area contributed by atoms with Gasteiger partial charge in [0, 0.05) is 7.11 Å². The number of benzene rings is 2. The van der Waals surface area contributed by atoms with Crippen LogP contribution in [0, 0.1) is 6.92 Å². The number of ether oxygens (including phenoxy) is 2. The molecule has 0 aliphatic rings. The maximum Gasteiger partial charge on any atom is 0.188 e. The Hall–Kier alpha value is -1.87. The number of rotatable bonds is 4. The van der Waals surface area contributed by atoms with Crippen molar-refractivity contribution in [2.45, 2.75) is 6.92 Å². The van der Waals surface area contributed by atoms with Gasteiger partial charge in [0.25, 0.3) is 0 Å². The number of carbonyl (C=O) groups excluding carboxylic acids is 1. The lowest BCUT2D eigenvalue weighted by Crippen LogP contribution is -2.01. The summed E-state index contributed by atoms with van der Waals surface area (Å²) in [4.78, 5) is 11.0. The molecular formula is C14H14O3. The molecule has 88 valence electrons. The number of methoxy groups -OCH3 is 1. The molecule has 0 spiro atoms. The van der Waals surface area contributed by atoms with Crippen LogP contribution >= 0.6 is 0 Å². The molecule has 0 amide bonds. The van der Waals surface area contributed by atoms with Gasteiger partial charge in [-0.1, -0.05) is 23.8 Å². The Labute approximate surface area is 100.0 Å². The third kappa shape index (κ3) is 2.45. The predicted molar refractivity (Wildman–Crippen MR) is 66.6 cm³/mol. The number of hydrogen-bond acceptors (Lipinski definition) is 3. The van der Waals surface area contributed by atoms with Gasteiger partial charge in [0.05, 0.1) is 5.56 Å². The van der Waals surface area contributed by atoms with E-state index in [4.69, 9.17) is 9.47 Å². The minimum absolute atomic E-state index is 0.137. The summed E-state index contributed by atoms with van der Waals surface area (Å²) in [5, 5.41) is 2.09. The number of aldehydes is 1. The minimum atomic E-state index is 0.137. The van der Waals surface area contributed by atoms with Crippen LogP contribution in [-0.2, 0) is 4.74 Å². The van der Waals surface area contributed by atoms with Crippen LogP contribution in [0.4, 0.5) is 0 Å². The average Bonchev–Trinajstić information content (AvgIpc) is 2.35. The van der Waals surface area contributed by atoms with Crippen LogP contribution in [0.25, 0.3) is 10.8 Å². The lowest BCUT2D eigenvalue weighted by atomic mass is 10.0. The van der Waals surface area contributed by atoms with E-state index < -0.39 is 0 Å². The number of hydrogen-bond donors (Lipinski definition) is 0. The van der Waals surface area contributed by atoms with E-state index in [0.717, 1.165) is 17.1 Å². The molecule has 3 heteroatoms. The van der Waals surface area contributed by atoms with Crippen LogP contribution < -0.4 is 4.74 Å². The zero-order valence-electron chi connectivity index (χ0n) is 9.90. The molecule has 0 N–H and O–H groups in total. The second-order valence-corrected chi connectivity index (χ2v) is 3.91. The molecular weight excluding hydrogens is 216 g/mol. The van der Waals surface area contributed by atoms with Crippen LogP contribution in [-0.4, -0.2) is 20.2 Å². The highest BCUT2D eigenvalue weighted by Gasteiger charge is 2.05. The Morgan fingerprint density at radius 1 is 1.18 bits per heavy atom. The van der Waals surface area contributed by atoms with E-state index in [-0.39, 0.29) is 6.79 Å². The smallest absolute Gasteiger partial charge is 0.188 e. The van der Waals surface area contributed by atoms with E-state index in [9.17, 15) is 4.79 Å². The third-order valence-electron chi connectivity index (χ3n) is 2.58. The van der Waals surface area contributed by atoms with E-state index in [1.54, 1.807) is 7.11 Å². The van der Waals surface area contributed by atoms with Crippen LogP contribution in [0.1, 0.15) is 15.9 Å². The number of aryl methyl sites for hydroxylation is 1. The molecule has 0 saturated heterocycles. The zero-order chi connectivity index (χ0) is 12.3. The van der Waals surface area contributed by atoms with Crippen molar-refractivity contribution in [2.75, 3.05) is 13.9 Å². The second kappa shape index (κ2) is 4.97. The highest BCUT2D eigenvalue weighted by Crippen LogP contribution is 2.25. The van der Waals surface area contributed by atoms with Crippen molar-refractivity contribution in [2.24, 2.45) is 0 Å². The molecule has 0 unspecified atom stereocenters. The lowest BCUT2D eigenvalue weighted by Gasteiger charge is -2.09. The van der Waals surface area contributed by atoms with Crippen molar-refractivity contribution >= 4 is 17.1 Å². The van der Waals surface area contributed by atoms with Gasteiger partial charge in [-0.05, 0) is 29.8 Å². The number of fused-ring (bicyclic) bond motifs is 1. The van der Waals surface area contributed by atoms with Crippen molar-refractivity contribution in [3.05, 3.63) is 41.5 Å². The van der Waals surface area contributed by atoms with E-state index in [0.29, 0.717) is 11.3 Å². The van der Waals surface area contributed by atoms with E-state index in [1.165, 1.54) is 5.56 Å². The lowest BCUT2D eigenvalue weighted by molar-refractivity contribution is 0.0506. The Kier molecular flexibility index (Phi) is 3.40. The summed E-state index contributed by atoms with van der Waals surface area (Å²) in [5.41, 5.74) is 1.72. The zero-order valence-corrected chi connectivity index (χ0v) is 9.90. The molecule has 0 atom stereocenters. The molecule has 0 fully saturated rings.